The number of nitro benzene ring substituents is 1. The zero-order valence-corrected chi connectivity index (χ0v) is 18.0. The minimum atomic E-state index is -0.724. The molecule has 0 saturated carbocycles. The Morgan fingerprint density at radius 2 is 1.88 bits per heavy atom. The molecule has 0 radical (unpaired) electrons. The van der Waals surface area contributed by atoms with Crippen LogP contribution in [0.2, 0.25) is 0 Å². The van der Waals surface area contributed by atoms with E-state index in [1.165, 1.54) is 27.8 Å². The number of rotatable bonds is 6. The van der Waals surface area contributed by atoms with Gasteiger partial charge in [-0.1, -0.05) is 11.3 Å². The fraction of sp³-hybridized carbons (Fsp3) is 0.238. The normalized spacial score (nSPS) is 10.7. The highest BCUT2D eigenvalue weighted by molar-refractivity contribution is 5.92. The third-order valence-corrected chi connectivity index (χ3v) is 4.52. The number of hydrogen-bond acceptors (Lipinski definition) is 7. The summed E-state index contributed by atoms with van der Waals surface area (Å²) in [7, 11) is 1.63. The van der Waals surface area contributed by atoms with Crippen molar-refractivity contribution in [3.63, 3.8) is 0 Å². The second-order valence-corrected chi connectivity index (χ2v) is 7.26. The standard InChI is InChI=1S/C21H22N6O5/c1-13(2)22-21(29)25(4)15-8-10-18(11-9-15)32-20(28)19-14(3)26(24-23-19)16-6-5-7-17(12-16)27(30)31/h5-13H,1-4H3,(H,22,29). The van der Waals surface area contributed by atoms with E-state index in [1.54, 1.807) is 44.3 Å². The van der Waals surface area contributed by atoms with E-state index in [-0.39, 0.29) is 29.2 Å². The molecule has 32 heavy (non-hydrogen) atoms. The molecule has 166 valence electrons. The van der Waals surface area contributed by atoms with Crippen molar-refractivity contribution in [2.24, 2.45) is 0 Å². The van der Waals surface area contributed by atoms with Crippen molar-refractivity contribution in [2.75, 3.05) is 11.9 Å². The summed E-state index contributed by atoms with van der Waals surface area (Å²) in [4.78, 5) is 36.6. The van der Waals surface area contributed by atoms with E-state index in [1.807, 2.05) is 13.8 Å². The van der Waals surface area contributed by atoms with Gasteiger partial charge < -0.3 is 10.1 Å². The summed E-state index contributed by atoms with van der Waals surface area (Å²) < 4.78 is 6.70. The van der Waals surface area contributed by atoms with E-state index in [4.69, 9.17) is 4.74 Å². The zero-order chi connectivity index (χ0) is 23.4. The SMILES string of the molecule is Cc1c(C(=O)Oc2ccc(N(C)C(=O)NC(C)C)cc2)nnn1-c1cccc([N+](=O)[O-])c1. The largest absolute Gasteiger partial charge is 0.422 e. The fourth-order valence-corrected chi connectivity index (χ4v) is 2.86. The first-order chi connectivity index (χ1) is 15.2. The Hall–Kier alpha value is -4.28. The van der Waals surface area contributed by atoms with Gasteiger partial charge in [0.1, 0.15) is 5.75 Å². The van der Waals surface area contributed by atoms with Crippen molar-refractivity contribution in [3.05, 3.63) is 70.0 Å². The van der Waals surface area contributed by atoms with Crippen molar-refractivity contribution in [3.8, 4) is 11.4 Å². The molecule has 2 amide bonds. The Kier molecular flexibility index (Phi) is 6.47. The Morgan fingerprint density at radius 1 is 1.19 bits per heavy atom. The topological polar surface area (TPSA) is 132 Å². The second-order valence-electron chi connectivity index (χ2n) is 7.26. The van der Waals surface area contributed by atoms with Crippen molar-refractivity contribution in [1.29, 1.82) is 0 Å². The van der Waals surface area contributed by atoms with Crippen LogP contribution >= 0.6 is 0 Å². The summed E-state index contributed by atoms with van der Waals surface area (Å²) in [6, 6.07) is 12.0. The lowest BCUT2D eigenvalue weighted by Crippen LogP contribution is -2.40. The number of carbonyl (C=O) groups excluding carboxylic acids is 2. The number of carbonyl (C=O) groups is 2. The van der Waals surface area contributed by atoms with Crippen LogP contribution in [0.3, 0.4) is 0 Å². The van der Waals surface area contributed by atoms with Gasteiger partial charge in [0, 0.05) is 30.9 Å². The molecule has 0 spiro atoms. The van der Waals surface area contributed by atoms with Gasteiger partial charge in [0.15, 0.2) is 5.69 Å². The monoisotopic (exact) mass is 438 g/mol. The van der Waals surface area contributed by atoms with Crippen LogP contribution in [0.15, 0.2) is 48.5 Å². The van der Waals surface area contributed by atoms with Gasteiger partial charge in [-0.25, -0.2) is 14.3 Å². The fourth-order valence-electron chi connectivity index (χ4n) is 2.86. The number of amides is 2. The molecule has 0 saturated heterocycles. The third-order valence-electron chi connectivity index (χ3n) is 4.52. The molecule has 3 rings (SSSR count). The Labute approximate surface area is 183 Å². The minimum Gasteiger partial charge on any atom is -0.422 e. The predicted molar refractivity (Wildman–Crippen MR) is 116 cm³/mol. The quantitative estimate of drug-likeness (QED) is 0.270. The van der Waals surface area contributed by atoms with Crippen LogP contribution in [0, 0.1) is 17.0 Å². The average molecular weight is 438 g/mol. The molecule has 0 aliphatic carbocycles. The molecule has 2 aromatic carbocycles. The Balaban J connectivity index is 1.74. The molecule has 0 aliphatic rings. The van der Waals surface area contributed by atoms with E-state index >= 15 is 0 Å². The smallest absolute Gasteiger partial charge is 0.366 e. The van der Waals surface area contributed by atoms with Gasteiger partial charge in [-0.3, -0.25) is 15.0 Å². The predicted octanol–water partition coefficient (Wildman–Crippen LogP) is 3.26. The molecule has 1 heterocycles. The number of anilines is 1. The van der Waals surface area contributed by atoms with Crippen molar-refractivity contribution >= 4 is 23.4 Å². The number of ether oxygens (including phenoxy) is 1. The number of benzene rings is 2. The molecular weight excluding hydrogens is 416 g/mol. The van der Waals surface area contributed by atoms with Crippen LogP contribution in [0.25, 0.3) is 5.69 Å². The number of nitrogens with one attached hydrogen (secondary N) is 1. The van der Waals surface area contributed by atoms with Crippen molar-refractivity contribution in [2.45, 2.75) is 26.8 Å². The van der Waals surface area contributed by atoms with Crippen LogP contribution in [-0.2, 0) is 0 Å². The van der Waals surface area contributed by atoms with Gasteiger partial charge in [-0.15, -0.1) is 5.10 Å². The summed E-state index contributed by atoms with van der Waals surface area (Å²) in [6.07, 6.45) is 0. The first kappa shape index (κ1) is 22.4. The number of nitrogens with zero attached hydrogens (tertiary/aromatic N) is 5. The van der Waals surface area contributed by atoms with Crippen LogP contribution in [0.1, 0.15) is 30.0 Å². The van der Waals surface area contributed by atoms with Gasteiger partial charge >= 0.3 is 12.0 Å². The van der Waals surface area contributed by atoms with Crippen LogP contribution < -0.4 is 15.0 Å². The molecule has 1 aromatic heterocycles. The lowest BCUT2D eigenvalue weighted by Gasteiger charge is -2.19. The first-order valence-corrected chi connectivity index (χ1v) is 9.71. The number of aromatic nitrogens is 3. The van der Waals surface area contributed by atoms with Crippen LogP contribution in [0.5, 0.6) is 5.75 Å². The molecule has 1 N–H and O–H groups in total. The molecular formula is C21H22N6O5. The van der Waals surface area contributed by atoms with Gasteiger partial charge in [-0.2, -0.15) is 0 Å². The summed E-state index contributed by atoms with van der Waals surface area (Å²) in [5.41, 5.74) is 1.27. The molecule has 3 aromatic rings. The van der Waals surface area contributed by atoms with Gasteiger partial charge in [0.25, 0.3) is 5.69 Å². The Bertz CT molecular complexity index is 1160. The number of hydrogen-bond donors (Lipinski definition) is 1. The second kappa shape index (κ2) is 9.25. The van der Waals surface area contributed by atoms with Gasteiger partial charge in [-0.05, 0) is 51.1 Å². The van der Waals surface area contributed by atoms with Crippen LogP contribution in [0.4, 0.5) is 16.2 Å². The van der Waals surface area contributed by atoms with Crippen molar-refractivity contribution in [1.82, 2.24) is 20.3 Å². The number of urea groups is 1. The third kappa shape index (κ3) is 4.89. The van der Waals surface area contributed by atoms with E-state index in [9.17, 15) is 19.7 Å². The molecule has 0 bridgehead atoms. The molecule has 11 heteroatoms. The lowest BCUT2D eigenvalue weighted by atomic mass is 10.2. The maximum Gasteiger partial charge on any atom is 0.366 e. The van der Waals surface area contributed by atoms with E-state index < -0.39 is 10.9 Å². The van der Waals surface area contributed by atoms with Crippen molar-refractivity contribution < 1.29 is 19.2 Å². The van der Waals surface area contributed by atoms with Crippen LogP contribution in [-0.4, -0.2) is 45.0 Å². The van der Waals surface area contributed by atoms with E-state index in [0.717, 1.165) is 0 Å². The maximum atomic E-state index is 12.6. The highest BCUT2D eigenvalue weighted by atomic mass is 16.6. The highest BCUT2D eigenvalue weighted by Gasteiger charge is 2.21. The van der Waals surface area contributed by atoms with E-state index in [0.29, 0.717) is 17.1 Å². The molecule has 0 aliphatic heterocycles. The highest BCUT2D eigenvalue weighted by Crippen LogP contribution is 2.21. The van der Waals surface area contributed by atoms with Gasteiger partial charge in [0.2, 0.25) is 0 Å². The molecule has 0 unspecified atom stereocenters. The average Bonchev–Trinajstić information content (AvgIpc) is 3.14. The summed E-state index contributed by atoms with van der Waals surface area (Å²) in [5.74, 6) is -0.460. The Morgan fingerprint density at radius 3 is 2.50 bits per heavy atom. The number of non-ortho nitro benzene ring substituents is 1. The summed E-state index contributed by atoms with van der Waals surface area (Å²) >= 11 is 0. The maximum absolute atomic E-state index is 12.6. The number of nitro groups is 1. The molecule has 11 nitrogen and oxygen atoms in total. The lowest BCUT2D eigenvalue weighted by molar-refractivity contribution is -0.384. The van der Waals surface area contributed by atoms with E-state index in [2.05, 4.69) is 15.6 Å². The minimum absolute atomic E-state index is 0.00357. The first-order valence-electron chi connectivity index (χ1n) is 9.71. The molecule has 0 atom stereocenters. The zero-order valence-electron chi connectivity index (χ0n) is 18.0. The molecule has 0 fully saturated rings. The summed E-state index contributed by atoms with van der Waals surface area (Å²) in [6.45, 7) is 5.35. The summed E-state index contributed by atoms with van der Waals surface area (Å²) in [5, 5.41) is 21.6. The number of esters is 1. The van der Waals surface area contributed by atoms with Gasteiger partial charge in [0.05, 0.1) is 16.3 Å².